The van der Waals surface area contributed by atoms with Gasteiger partial charge in [0.1, 0.15) is 0 Å². The van der Waals surface area contributed by atoms with Crippen LogP contribution in [-0.4, -0.2) is 12.1 Å². The maximum Gasteiger partial charge on any atom is 0.0159 e. The summed E-state index contributed by atoms with van der Waals surface area (Å²) in [7, 11) is 0. The lowest BCUT2D eigenvalue weighted by atomic mass is 9.94. The van der Waals surface area contributed by atoms with Crippen LogP contribution in [0.25, 0.3) is 0 Å². The maximum atomic E-state index is 3.55. The van der Waals surface area contributed by atoms with Crippen molar-refractivity contribution in [2.24, 2.45) is 5.41 Å². The monoisotopic (exact) mass is 153 g/mol. The summed E-state index contributed by atoms with van der Waals surface area (Å²) in [5.41, 5.74) is 0.609. The van der Waals surface area contributed by atoms with Gasteiger partial charge in [-0.15, -0.1) is 0 Å². The Hall–Kier alpha value is -0.300. The summed E-state index contributed by atoms with van der Waals surface area (Å²) in [6.07, 6.45) is 5.74. The van der Waals surface area contributed by atoms with E-state index >= 15 is 0 Å². The topological polar surface area (TPSA) is 12.0 Å². The smallest absolute Gasteiger partial charge is 0.0159 e. The van der Waals surface area contributed by atoms with Gasteiger partial charge in [-0.2, -0.15) is 0 Å². The van der Waals surface area contributed by atoms with Gasteiger partial charge in [0.2, 0.25) is 0 Å². The Kier molecular flexibility index (Phi) is 2.10. The highest BCUT2D eigenvalue weighted by Crippen LogP contribution is 2.23. The third-order valence-corrected chi connectivity index (χ3v) is 2.22. The van der Waals surface area contributed by atoms with Crippen molar-refractivity contribution in [3.05, 3.63) is 12.2 Å². The van der Waals surface area contributed by atoms with Crippen LogP contribution in [-0.2, 0) is 0 Å². The number of hydrogen-bond donors (Lipinski definition) is 1. The summed E-state index contributed by atoms with van der Waals surface area (Å²) in [5.74, 6) is 0. The molecule has 0 aromatic rings. The molecule has 1 nitrogen and oxygen atoms in total. The Bertz CT molecular complexity index is 166. The van der Waals surface area contributed by atoms with Crippen molar-refractivity contribution in [2.75, 3.05) is 6.54 Å². The average molecular weight is 153 g/mol. The quantitative estimate of drug-likeness (QED) is 0.527. The van der Waals surface area contributed by atoms with E-state index in [1.165, 1.54) is 0 Å². The molecule has 0 atom stereocenters. The van der Waals surface area contributed by atoms with Gasteiger partial charge in [-0.1, -0.05) is 26.0 Å². The van der Waals surface area contributed by atoms with Crippen LogP contribution in [0.1, 0.15) is 34.1 Å². The molecular formula is C10H19N. The highest BCUT2D eigenvalue weighted by Gasteiger charge is 2.23. The summed E-state index contributed by atoms with van der Waals surface area (Å²) >= 11 is 0. The minimum absolute atomic E-state index is 0.282. The van der Waals surface area contributed by atoms with E-state index in [2.05, 4.69) is 45.2 Å². The van der Waals surface area contributed by atoms with Crippen molar-refractivity contribution in [3.8, 4) is 0 Å². The van der Waals surface area contributed by atoms with Gasteiger partial charge >= 0.3 is 0 Å². The van der Waals surface area contributed by atoms with E-state index in [1.807, 2.05) is 0 Å². The van der Waals surface area contributed by atoms with E-state index in [0.29, 0.717) is 5.41 Å². The summed E-state index contributed by atoms with van der Waals surface area (Å²) in [4.78, 5) is 0. The molecule has 0 aliphatic carbocycles. The third kappa shape index (κ3) is 2.66. The van der Waals surface area contributed by atoms with Gasteiger partial charge in [-0.3, -0.25) is 0 Å². The van der Waals surface area contributed by atoms with Crippen LogP contribution in [0, 0.1) is 5.41 Å². The molecule has 1 aliphatic rings. The van der Waals surface area contributed by atoms with Crippen molar-refractivity contribution in [2.45, 2.75) is 39.7 Å². The summed E-state index contributed by atoms with van der Waals surface area (Å²) < 4.78 is 0. The Morgan fingerprint density at radius 3 is 2.45 bits per heavy atom. The lowest BCUT2D eigenvalue weighted by molar-refractivity contribution is 0.342. The van der Waals surface area contributed by atoms with Gasteiger partial charge < -0.3 is 5.32 Å². The fraction of sp³-hybridized carbons (Fsp3) is 0.800. The highest BCUT2D eigenvalue weighted by atomic mass is 15.0. The zero-order valence-electron chi connectivity index (χ0n) is 8.07. The molecule has 0 radical (unpaired) electrons. The Morgan fingerprint density at radius 2 is 1.82 bits per heavy atom. The van der Waals surface area contributed by atoms with E-state index in [9.17, 15) is 0 Å². The minimum atomic E-state index is 0.282. The Balaban J connectivity index is 2.65. The van der Waals surface area contributed by atoms with Gasteiger partial charge in [-0.05, 0) is 25.7 Å². The minimum Gasteiger partial charge on any atom is -0.311 e. The van der Waals surface area contributed by atoms with E-state index in [1.54, 1.807) is 0 Å². The summed E-state index contributed by atoms with van der Waals surface area (Å²) in [5, 5.41) is 3.55. The van der Waals surface area contributed by atoms with Gasteiger partial charge in [0.15, 0.2) is 0 Å². The second-order valence-electron chi connectivity index (χ2n) is 4.83. The van der Waals surface area contributed by atoms with Crippen molar-refractivity contribution < 1.29 is 0 Å². The molecule has 1 aliphatic heterocycles. The standard InChI is InChI=1S/C10H19N/c1-9(2)6-5-7-10(3,4)11-8-9/h5-6,11H,7-8H2,1-4H3. The third-order valence-electron chi connectivity index (χ3n) is 2.22. The van der Waals surface area contributed by atoms with Gasteiger partial charge in [0, 0.05) is 12.1 Å². The van der Waals surface area contributed by atoms with Gasteiger partial charge in [0.25, 0.3) is 0 Å². The van der Waals surface area contributed by atoms with Gasteiger partial charge in [-0.25, -0.2) is 0 Å². The van der Waals surface area contributed by atoms with E-state index < -0.39 is 0 Å². The first-order chi connectivity index (χ1) is 4.91. The fourth-order valence-electron chi connectivity index (χ4n) is 1.27. The molecule has 11 heavy (non-hydrogen) atoms. The van der Waals surface area contributed by atoms with Crippen LogP contribution in [0.15, 0.2) is 12.2 Å². The van der Waals surface area contributed by atoms with Crippen LogP contribution in [0.5, 0.6) is 0 Å². The normalized spacial score (nSPS) is 28.0. The maximum absolute atomic E-state index is 3.55. The molecule has 1 N–H and O–H groups in total. The van der Waals surface area contributed by atoms with Crippen molar-refractivity contribution >= 4 is 0 Å². The van der Waals surface area contributed by atoms with Crippen LogP contribution >= 0.6 is 0 Å². The predicted octanol–water partition coefficient (Wildman–Crippen LogP) is 2.34. The van der Waals surface area contributed by atoms with Crippen LogP contribution in [0.4, 0.5) is 0 Å². The molecule has 0 spiro atoms. The molecule has 0 bridgehead atoms. The highest BCUT2D eigenvalue weighted by molar-refractivity contribution is 5.03. The van der Waals surface area contributed by atoms with Crippen LogP contribution in [0.2, 0.25) is 0 Å². The summed E-state index contributed by atoms with van der Waals surface area (Å²) in [6.45, 7) is 10.1. The van der Waals surface area contributed by atoms with Crippen LogP contribution in [0.3, 0.4) is 0 Å². The molecule has 1 heteroatoms. The van der Waals surface area contributed by atoms with Gasteiger partial charge in [0.05, 0.1) is 0 Å². The first-order valence-corrected chi connectivity index (χ1v) is 4.34. The molecule has 64 valence electrons. The first kappa shape index (κ1) is 8.79. The second-order valence-corrected chi connectivity index (χ2v) is 4.83. The first-order valence-electron chi connectivity index (χ1n) is 4.34. The lowest BCUT2D eigenvalue weighted by Crippen LogP contribution is -2.41. The zero-order chi connectivity index (χ0) is 8.54. The molecule has 0 aromatic carbocycles. The van der Waals surface area contributed by atoms with E-state index in [0.717, 1.165) is 13.0 Å². The zero-order valence-corrected chi connectivity index (χ0v) is 8.07. The van der Waals surface area contributed by atoms with Crippen molar-refractivity contribution in [3.63, 3.8) is 0 Å². The van der Waals surface area contributed by atoms with E-state index in [4.69, 9.17) is 0 Å². The molecular weight excluding hydrogens is 134 g/mol. The van der Waals surface area contributed by atoms with Crippen molar-refractivity contribution in [1.29, 1.82) is 0 Å². The number of hydrogen-bond acceptors (Lipinski definition) is 1. The van der Waals surface area contributed by atoms with Crippen molar-refractivity contribution in [1.82, 2.24) is 5.32 Å². The molecule has 0 aromatic heterocycles. The largest absolute Gasteiger partial charge is 0.311 e. The molecule has 0 saturated heterocycles. The molecule has 0 saturated carbocycles. The molecule has 1 rings (SSSR count). The second kappa shape index (κ2) is 2.63. The Morgan fingerprint density at radius 1 is 1.18 bits per heavy atom. The fourth-order valence-corrected chi connectivity index (χ4v) is 1.27. The average Bonchev–Trinajstić information content (AvgIpc) is 1.92. The SMILES string of the molecule is CC1(C)C=CCC(C)(C)NC1. The molecule has 0 fully saturated rings. The Labute approximate surface area is 69.9 Å². The predicted molar refractivity (Wildman–Crippen MR) is 49.6 cm³/mol. The summed E-state index contributed by atoms with van der Waals surface area (Å²) in [6, 6.07) is 0. The number of nitrogens with one attached hydrogen (secondary N) is 1. The van der Waals surface area contributed by atoms with E-state index in [-0.39, 0.29) is 5.54 Å². The number of rotatable bonds is 0. The molecule has 0 unspecified atom stereocenters. The lowest BCUT2D eigenvalue weighted by Gasteiger charge is -2.27. The molecule has 1 heterocycles. The molecule has 0 amide bonds. The van der Waals surface area contributed by atoms with Crippen LogP contribution < -0.4 is 5.32 Å².